The van der Waals surface area contributed by atoms with Crippen molar-refractivity contribution in [1.29, 1.82) is 0 Å². The Morgan fingerprint density at radius 3 is 2.23 bits per heavy atom. The van der Waals surface area contributed by atoms with E-state index in [4.69, 9.17) is 56.9 Å². The van der Waals surface area contributed by atoms with Crippen molar-refractivity contribution in [3.63, 3.8) is 0 Å². The molecule has 4 N–H and O–H groups in total. The molecule has 1 aromatic rings. The van der Waals surface area contributed by atoms with Gasteiger partial charge in [-0.05, 0) is 36.9 Å². The molecule has 0 aromatic heterocycles. The highest BCUT2D eigenvalue weighted by molar-refractivity contribution is 7.80. The minimum Gasteiger partial charge on any atom is -0.487 e. The summed E-state index contributed by atoms with van der Waals surface area (Å²) in [5, 5.41) is 10.6. The van der Waals surface area contributed by atoms with E-state index in [1.165, 1.54) is 0 Å². The van der Waals surface area contributed by atoms with E-state index in [-0.39, 0.29) is 27.3 Å². The van der Waals surface area contributed by atoms with Gasteiger partial charge in [0.2, 0.25) is 0 Å². The van der Waals surface area contributed by atoms with E-state index in [9.17, 15) is 0 Å². The molecule has 1 rings (SSSR count). The van der Waals surface area contributed by atoms with Crippen molar-refractivity contribution in [2.75, 3.05) is 6.61 Å². The fraction of sp³-hybridized carbons (Fsp3) is 0.231. The molecule has 0 bridgehead atoms. The number of hydrogen-bond acceptors (Lipinski definition) is 3. The first-order chi connectivity index (χ1) is 10.2. The fourth-order valence-electron chi connectivity index (χ4n) is 1.23. The molecule has 0 heterocycles. The SMILES string of the molecule is CC(NC(=S)OCC(Cl)=C(Cl)Cl)c1ccccc1.NC(O)=S. The molecule has 0 saturated heterocycles. The Morgan fingerprint density at radius 2 is 1.77 bits per heavy atom. The molecule has 0 aliphatic carbocycles. The molecule has 1 unspecified atom stereocenters. The van der Waals surface area contributed by atoms with Crippen LogP contribution in [0.25, 0.3) is 0 Å². The summed E-state index contributed by atoms with van der Waals surface area (Å²) in [7, 11) is 0. The number of thiocarbonyl (C=S) groups is 2. The van der Waals surface area contributed by atoms with E-state index in [0.717, 1.165) is 5.56 Å². The largest absolute Gasteiger partial charge is 0.487 e. The quantitative estimate of drug-likeness (QED) is 0.653. The Kier molecular flexibility index (Phi) is 11.3. The van der Waals surface area contributed by atoms with Crippen LogP contribution in [0.1, 0.15) is 18.5 Å². The summed E-state index contributed by atoms with van der Waals surface area (Å²) >= 11 is 25.6. The van der Waals surface area contributed by atoms with Crippen molar-refractivity contribution in [1.82, 2.24) is 5.32 Å². The standard InChI is InChI=1S/C12H12Cl3NOS.CH3NOS/c1-8(9-5-3-2-4-6-9)16-12(18)17-7-10(13)11(14)15;2-1(3)4/h2-6,8H,7H2,1H3,(H,16,18);(H3,2,3,4). The molecule has 0 radical (unpaired) electrons. The second kappa shape index (κ2) is 11.7. The first kappa shape index (κ1) is 21.2. The fourth-order valence-corrected chi connectivity index (χ4v) is 1.63. The predicted molar refractivity (Wildman–Crippen MR) is 101 cm³/mol. The molecule has 0 fully saturated rings. The molecular weight excluding hydrogens is 387 g/mol. The van der Waals surface area contributed by atoms with E-state index < -0.39 is 5.17 Å². The van der Waals surface area contributed by atoms with Gasteiger partial charge in [-0.3, -0.25) is 0 Å². The zero-order valence-electron chi connectivity index (χ0n) is 11.6. The van der Waals surface area contributed by atoms with Crippen LogP contribution in [0.2, 0.25) is 0 Å². The van der Waals surface area contributed by atoms with E-state index in [0.29, 0.717) is 0 Å². The number of hydrogen-bond donors (Lipinski definition) is 3. The van der Waals surface area contributed by atoms with Crippen LogP contribution in [0.5, 0.6) is 0 Å². The number of halogens is 3. The van der Waals surface area contributed by atoms with Gasteiger partial charge in [0.25, 0.3) is 10.3 Å². The number of rotatable bonds is 4. The maximum atomic E-state index is 7.56. The van der Waals surface area contributed by atoms with E-state index in [1.807, 2.05) is 37.3 Å². The molecule has 1 aromatic carbocycles. The van der Waals surface area contributed by atoms with Crippen molar-refractivity contribution < 1.29 is 9.84 Å². The molecule has 0 amide bonds. The van der Waals surface area contributed by atoms with Crippen LogP contribution in [-0.2, 0) is 4.74 Å². The molecule has 1 atom stereocenters. The molecule has 9 heteroatoms. The van der Waals surface area contributed by atoms with E-state index in [2.05, 4.69) is 23.3 Å². The highest BCUT2D eigenvalue weighted by Gasteiger charge is 2.08. The van der Waals surface area contributed by atoms with Crippen molar-refractivity contribution in [2.45, 2.75) is 13.0 Å². The van der Waals surface area contributed by atoms with Gasteiger partial charge in [-0.15, -0.1) is 0 Å². The zero-order chi connectivity index (χ0) is 17.1. The van der Waals surface area contributed by atoms with Crippen LogP contribution < -0.4 is 11.1 Å². The average Bonchev–Trinajstić information content (AvgIpc) is 2.44. The maximum Gasteiger partial charge on any atom is 0.257 e. The highest BCUT2D eigenvalue weighted by Crippen LogP contribution is 2.18. The van der Waals surface area contributed by atoms with Crippen molar-refractivity contribution in [3.05, 3.63) is 45.4 Å². The second-order valence-corrected chi connectivity index (χ2v) is 6.05. The molecule has 22 heavy (non-hydrogen) atoms. The summed E-state index contributed by atoms with van der Waals surface area (Å²) in [6.45, 7) is 2.04. The molecule has 0 aliphatic rings. The number of nitrogens with one attached hydrogen (secondary N) is 1. The van der Waals surface area contributed by atoms with Gasteiger partial charge >= 0.3 is 0 Å². The van der Waals surface area contributed by atoms with Gasteiger partial charge in [0.15, 0.2) is 0 Å². The third-order valence-corrected chi connectivity index (χ3v) is 3.35. The van der Waals surface area contributed by atoms with Gasteiger partial charge < -0.3 is 20.9 Å². The summed E-state index contributed by atoms with van der Waals surface area (Å²) < 4.78 is 5.20. The number of ether oxygens (including phenoxy) is 1. The minimum absolute atomic E-state index is 0.0180. The van der Waals surface area contributed by atoms with Crippen LogP contribution in [0.4, 0.5) is 0 Å². The third kappa shape index (κ3) is 10.9. The Balaban J connectivity index is 0.000000980. The number of nitrogens with two attached hydrogens (primary N) is 1. The van der Waals surface area contributed by atoms with Gasteiger partial charge in [0, 0.05) is 0 Å². The Hall–Kier alpha value is -0.790. The van der Waals surface area contributed by atoms with Crippen molar-refractivity contribution in [3.8, 4) is 0 Å². The Labute approximate surface area is 155 Å². The van der Waals surface area contributed by atoms with E-state index in [1.54, 1.807) is 0 Å². The van der Waals surface area contributed by atoms with Crippen LogP contribution in [0.3, 0.4) is 0 Å². The Bertz CT molecular complexity index is 519. The van der Waals surface area contributed by atoms with Gasteiger partial charge in [0.1, 0.15) is 11.1 Å². The summed E-state index contributed by atoms with van der Waals surface area (Å²) in [5.41, 5.74) is 5.51. The molecular formula is C13H15Cl3N2O2S2. The number of benzene rings is 1. The molecule has 4 nitrogen and oxygen atoms in total. The molecule has 122 valence electrons. The van der Waals surface area contributed by atoms with Crippen LogP contribution in [0, 0.1) is 0 Å². The summed E-state index contributed by atoms with van der Waals surface area (Å²) in [6.07, 6.45) is 0. The lowest BCUT2D eigenvalue weighted by Gasteiger charge is -2.16. The van der Waals surface area contributed by atoms with Crippen LogP contribution >= 0.6 is 59.2 Å². The smallest absolute Gasteiger partial charge is 0.257 e. The monoisotopic (exact) mass is 400 g/mol. The normalized spacial score (nSPS) is 10.5. The average molecular weight is 402 g/mol. The highest BCUT2D eigenvalue weighted by atomic mass is 35.5. The van der Waals surface area contributed by atoms with Crippen LogP contribution in [0.15, 0.2) is 39.9 Å². The zero-order valence-corrected chi connectivity index (χ0v) is 15.5. The van der Waals surface area contributed by atoms with Gasteiger partial charge in [-0.25, -0.2) is 0 Å². The number of aliphatic hydroxyl groups is 1. The molecule has 0 aliphatic heterocycles. The van der Waals surface area contributed by atoms with Crippen LogP contribution in [-0.4, -0.2) is 22.1 Å². The predicted octanol–water partition coefficient (Wildman–Crippen LogP) is 4.31. The maximum absolute atomic E-state index is 7.56. The van der Waals surface area contributed by atoms with Crippen molar-refractivity contribution in [2.24, 2.45) is 5.73 Å². The summed E-state index contributed by atoms with van der Waals surface area (Å²) in [5.74, 6) is 0. The lowest BCUT2D eigenvalue weighted by Crippen LogP contribution is -2.27. The first-order valence-electron chi connectivity index (χ1n) is 5.90. The molecule has 0 saturated carbocycles. The first-order valence-corrected chi connectivity index (χ1v) is 7.85. The Morgan fingerprint density at radius 1 is 1.27 bits per heavy atom. The van der Waals surface area contributed by atoms with Crippen molar-refractivity contribution >= 4 is 69.6 Å². The minimum atomic E-state index is -0.500. The van der Waals surface area contributed by atoms with Gasteiger partial charge in [-0.2, -0.15) is 0 Å². The van der Waals surface area contributed by atoms with Gasteiger partial charge in [0.05, 0.1) is 11.1 Å². The van der Waals surface area contributed by atoms with E-state index >= 15 is 0 Å². The topological polar surface area (TPSA) is 67.5 Å². The lowest BCUT2D eigenvalue weighted by atomic mass is 10.1. The number of aliphatic hydroxyl groups excluding tert-OH is 1. The van der Waals surface area contributed by atoms with Gasteiger partial charge in [-0.1, -0.05) is 65.1 Å². The lowest BCUT2D eigenvalue weighted by molar-refractivity contribution is 0.333. The summed E-state index contributed by atoms with van der Waals surface area (Å²) in [6, 6.07) is 9.94. The third-order valence-electron chi connectivity index (χ3n) is 2.17. The molecule has 0 spiro atoms. The second-order valence-electron chi connectivity index (χ2n) is 3.86. The summed E-state index contributed by atoms with van der Waals surface area (Å²) in [4.78, 5) is 0.